The number of aromatic nitrogens is 3. The lowest BCUT2D eigenvalue weighted by molar-refractivity contribution is -0.190. The largest absolute Gasteiger partial charge is 0.491 e. The number of hydrogen-bond donors (Lipinski definition) is 1. The molecule has 0 aliphatic carbocycles. The first-order chi connectivity index (χ1) is 13.1. The molecule has 2 aromatic heterocycles. The van der Waals surface area contributed by atoms with E-state index in [1.807, 2.05) is 0 Å². The van der Waals surface area contributed by atoms with Crippen molar-refractivity contribution in [1.29, 1.82) is 0 Å². The zero-order chi connectivity index (χ0) is 20.5. The Morgan fingerprint density at radius 2 is 1.79 bits per heavy atom. The highest BCUT2D eigenvalue weighted by molar-refractivity contribution is 5.79. The predicted molar refractivity (Wildman–Crippen MR) is 79.1 cm³/mol. The summed E-state index contributed by atoms with van der Waals surface area (Å²) < 4.78 is 85.1. The van der Waals surface area contributed by atoms with Crippen LogP contribution in [0.3, 0.4) is 0 Å². The maximum Gasteiger partial charge on any atom is 0.491 e. The number of esters is 1. The van der Waals surface area contributed by atoms with Gasteiger partial charge in [0.15, 0.2) is 0 Å². The Labute approximate surface area is 153 Å². The number of ether oxygens (including phenoxy) is 1. The zero-order valence-corrected chi connectivity index (χ0v) is 13.9. The second-order valence-corrected chi connectivity index (χ2v) is 5.91. The molecule has 1 fully saturated rings. The minimum absolute atomic E-state index is 0.105. The standard InChI is InChI=1S/C15H12F6N4O3/c16-14(17,18)9-2-1-8(12(23-9)27-13(26)15(19,20)21)10-24-11(28-25-10)7-3-5-22-6-4-7/h1-2,7,22H,3-6H2. The van der Waals surface area contributed by atoms with E-state index in [1.54, 1.807) is 0 Å². The molecule has 28 heavy (non-hydrogen) atoms. The second-order valence-electron chi connectivity index (χ2n) is 5.91. The van der Waals surface area contributed by atoms with Gasteiger partial charge >= 0.3 is 18.3 Å². The van der Waals surface area contributed by atoms with Crippen molar-refractivity contribution in [3.8, 4) is 17.3 Å². The van der Waals surface area contributed by atoms with Crippen molar-refractivity contribution in [3.63, 3.8) is 0 Å². The Morgan fingerprint density at radius 1 is 1.11 bits per heavy atom. The molecule has 0 radical (unpaired) electrons. The number of nitrogens with one attached hydrogen (secondary N) is 1. The maximum absolute atomic E-state index is 12.8. The van der Waals surface area contributed by atoms with E-state index in [1.165, 1.54) is 0 Å². The summed E-state index contributed by atoms with van der Waals surface area (Å²) in [6.45, 7) is 1.39. The topological polar surface area (TPSA) is 90.1 Å². The first-order valence-electron chi connectivity index (χ1n) is 7.97. The number of pyridine rings is 1. The molecule has 0 amide bonds. The molecule has 0 unspecified atom stereocenters. The first kappa shape index (κ1) is 20.0. The number of nitrogens with zero attached hydrogens (tertiary/aromatic N) is 3. The summed E-state index contributed by atoms with van der Waals surface area (Å²) in [7, 11) is 0. The number of carbonyl (C=O) groups is 1. The van der Waals surface area contributed by atoms with Gasteiger partial charge in [-0.3, -0.25) is 0 Å². The molecule has 1 N–H and O–H groups in total. The van der Waals surface area contributed by atoms with Gasteiger partial charge in [0.1, 0.15) is 5.69 Å². The minimum atomic E-state index is -5.43. The third-order valence-corrected chi connectivity index (χ3v) is 3.94. The van der Waals surface area contributed by atoms with Crippen molar-refractivity contribution in [2.75, 3.05) is 13.1 Å². The van der Waals surface area contributed by atoms with Gasteiger partial charge in [-0.2, -0.15) is 31.3 Å². The summed E-state index contributed by atoms with van der Waals surface area (Å²) in [4.78, 5) is 18.1. The number of hydrogen-bond acceptors (Lipinski definition) is 7. The first-order valence-corrected chi connectivity index (χ1v) is 7.97. The molecule has 0 bridgehead atoms. The van der Waals surface area contributed by atoms with E-state index in [0.717, 1.165) is 6.07 Å². The van der Waals surface area contributed by atoms with Gasteiger partial charge in [-0.15, -0.1) is 0 Å². The van der Waals surface area contributed by atoms with Crippen LogP contribution < -0.4 is 10.1 Å². The molecular weight excluding hydrogens is 398 g/mol. The van der Waals surface area contributed by atoms with Crippen molar-refractivity contribution in [2.45, 2.75) is 31.1 Å². The van der Waals surface area contributed by atoms with Crippen LogP contribution in [0.1, 0.15) is 30.3 Å². The summed E-state index contributed by atoms with van der Waals surface area (Å²) in [5.41, 5.74) is -1.97. The van der Waals surface area contributed by atoms with Crippen molar-refractivity contribution in [2.24, 2.45) is 0 Å². The molecule has 1 aliphatic rings. The highest BCUT2D eigenvalue weighted by Crippen LogP contribution is 2.35. The van der Waals surface area contributed by atoms with Crippen LogP contribution >= 0.6 is 0 Å². The third kappa shape index (κ3) is 4.40. The lowest BCUT2D eigenvalue weighted by Crippen LogP contribution is -2.28. The molecule has 1 saturated heterocycles. The van der Waals surface area contributed by atoms with Gasteiger partial charge in [0, 0.05) is 5.92 Å². The average Bonchev–Trinajstić information content (AvgIpc) is 3.10. The Morgan fingerprint density at radius 3 is 2.39 bits per heavy atom. The lowest BCUT2D eigenvalue weighted by Gasteiger charge is -2.18. The molecular formula is C15H12F6N4O3. The monoisotopic (exact) mass is 410 g/mol. The quantitative estimate of drug-likeness (QED) is 0.614. The summed E-state index contributed by atoms with van der Waals surface area (Å²) >= 11 is 0. The molecule has 0 saturated carbocycles. The summed E-state index contributed by atoms with van der Waals surface area (Å²) in [6.07, 6.45) is -9.05. The predicted octanol–water partition coefficient (Wildman–Crippen LogP) is 3.09. The maximum atomic E-state index is 12.8. The highest BCUT2D eigenvalue weighted by atomic mass is 19.4. The number of alkyl halides is 6. The molecule has 3 rings (SSSR count). The summed E-state index contributed by atoms with van der Waals surface area (Å²) in [5, 5.41) is 6.70. The highest BCUT2D eigenvalue weighted by Gasteiger charge is 2.43. The molecule has 0 spiro atoms. The zero-order valence-electron chi connectivity index (χ0n) is 13.9. The third-order valence-electron chi connectivity index (χ3n) is 3.94. The number of carbonyl (C=O) groups excluding carboxylic acids is 1. The van der Waals surface area contributed by atoms with Gasteiger partial charge in [-0.05, 0) is 38.1 Å². The van der Waals surface area contributed by atoms with E-state index >= 15 is 0 Å². The van der Waals surface area contributed by atoms with E-state index < -0.39 is 35.5 Å². The van der Waals surface area contributed by atoms with E-state index in [9.17, 15) is 31.1 Å². The molecule has 152 valence electrons. The van der Waals surface area contributed by atoms with Crippen LogP contribution in [0.4, 0.5) is 26.3 Å². The Balaban J connectivity index is 1.97. The van der Waals surface area contributed by atoms with Gasteiger partial charge in [-0.1, -0.05) is 5.16 Å². The van der Waals surface area contributed by atoms with Crippen molar-refractivity contribution in [3.05, 3.63) is 23.7 Å². The smallest absolute Gasteiger partial charge is 0.400 e. The van der Waals surface area contributed by atoms with E-state index in [4.69, 9.17) is 4.52 Å². The fourth-order valence-electron chi connectivity index (χ4n) is 2.57. The van der Waals surface area contributed by atoms with Crippen LogP contribution in [0.5, 0.6) is 5.88 Å². The van der Waals surface area contributed by atoms with E-state index in [0.29, 0.717) is 32.0 Å². The molecule has 2 aromatic rings. The van der Waals surface area contributed by atoms with Crippen molar-refractivity contribution >= 4 is 5.97 Å². The molecule has 0 atom stereocenters. The fourth-order valence-corrected chi connectivity index (χ4v) is 2.57. The van der Waals surface area contributed by atoms with Crippen LogP contribution in [-0.2, 0) is 11.0 Å². The number of piperidine rings is 1. The molecule has 7 nitrogen and oxygen atoms in total. The van der Waals surface area contributed by atoms with Gasteiger partial charge in [0.05, 0.1) is 5.56 Å². The van der Waals surface area contributed by atoms with Crippen molar-refractivity contribution in [1.82, 2.24) is 20.4 Å². The minimum Gasteiger partial charge on any atom is -0.400 e. The second kappa shape index (κ2) is 7.37. The molecule has 13 heteroatoms. The molecule has 3 heterocycles. The van der Waals surface area contributed by atoms with Gasteiger partial charge in [0.2, 0.25) is 17.6 Å². The number of rotatable bonds is 3. The summed E-state index contributed by atoms with van der Waals surface area (Å²) in [5.74, 6) is -4.19. The van der Waals surface area contributed by atoms with Crippen molar-refractivity contribution < 1.29 is 40.4 Å². The van der Waals surface area contributed by atoms with E-state index in [2.05, 4.69) is 25.2 Å². The Hall–Kier alpha value is -2.70. The molecule has 0 aromatic carbocycles. The normalized spacial score (nSPS) is 16.2. The van der Waals surface area contributed by atoms with Crippen LogP contribution in [0.25, 0.3) is 11.4 Å². The SMILES string of the molecule is O=C(Oc1nc(C(F)(F)F)ccc1-c1noc(C2CCNCC2)n1)C(F)(F)F. The van der Waals surface area contributed by atoms with Crippen LogP contribution in [-0.4, -0.2) is 40.4 Å². The lowest BCUT2D eigenvalue weighted by atomic mass is 9.98. The van der Waals surface area contributed by atoms with E-state index in [-0.39, 0.29) is 17.6 Å². The molecule has 1 aliphatic heterocycles. The van der Waals surface area contributed by atoms with Gasteiger partial charge < -0.3 is 14.6 Å². The van der Waals surface area contributed by atoms with Crippen LogP contribution in [0, 0.1) is 0 Å². The van der Waals surface area contributed by atoms with Crippen LogP contribution in [0.2, 0.25) is 0 Å². The van der Waals surface area contributed by atoms with Gasteiger partial charge in [0.25, 0.3) is 0 Å². The summed E-state index contributed by atoms with van der Waals surface area (Å²) in [6, 6.07) is 1.28. The fraction of sp³-hybridized carbons (Fsp3) is 0.467. The Kier molecular flexibility index (Phi) is 5.28. The van der Waals surface area contributed by atoms with Gasteiger partial charge in [-0.25, -0.2) is 9.78 Å². The average molecular weight is 410 g/mol. The Bertz CT molecular complexity index is 858. The number of halogens is 6. The van der Waals surface area contributed by atoms with Crippen LogP contribution in [0.15, 0.2) is 16.7 Å².